The van der Waals surface area contributed by atoms with Crippen LogP contribution in [0.25, 0.3) is 0 Å². The molecule has 0 aliphatic rings. The molecule has 0 aromatic heterocycles. The quantitative estimate of drug-likeness (QED) is 0.403. The fourth-order valence-corrected chi connectivity index (χ4v) is 0.455. The molecule has 0 aliphatic carbocycles. The molecule has 0 saturated carbocycles. The summed E-state index contributed by atoms with van der Waals surface area (Å²) in [6, 6.07) is 0. The third kappa shape index (κ3) is 3.97. The largest absolute Gasteiger partial charge is 0.276 e. The molecule has 0 spiro atoms. The Morgan fingerprint density at radius 1 is 1.78 bits per heavy atom. The van der Waals surface area contributed by atoms with Crippen LogP contribution in [0.2, 0.25) is 0 Å². The molecule has 1 amide bonds. The minimum atomic E-state index is 0.628. The Labute approximate surface area is 55.6 Å². The summed E-state index contributed by atoms with van der Waals surface area (Å²) < 4.78 is 0. The number of hydrogen-bond acceptors (Lipinski definition) is 2. The first-order valence-electron chi connectivity index (χ1n) is 2.90. The molecule has 9 heavy (non-hydrogen) atoms. The SMILES string of the molecule is [CH2]CCCN(C=O)OC. The van der Waals surface area contributed by atoms with Crippen LogP contribution < -0.4 is 0 Å². The van der Waals surface area contributed by atoms with E-state index in [-0.39, 0.29) is 0 Å². The molecule has 0 fully saturated rings. The number of carbonyl (C=O) groups is 1. The molecule has 3 nitrogen and oxygen atoms in total. The van der Waals surface area contributed by atoms with E-state index in [0.29, 0.717) is 13.0 Å². The molecule has 0 atom stereocenters. The van der Waals surface area contributed by atoms with Crippen LogP contribution >= 0.6 is 0 Å². The lowest BCUT2D eigenvalue weighted by molar-refractivity contribution is -0.160. The Morgan fingerprint density at radius 3 is 2.78 bits per heavy atom. The molecule has 0 saturated heterocycles. The van der Waals surface area contributed by atoms with Gasteiger partial charge in [0.1, 0.15) is 0 Å². The lowest BCUT2D eigenvalue weighted by Crippen LogP contribution is -2.21. The van der Waals surface area contributed by atoms with Crippen LogP contribution in [0.1, 0.15) is 12.8 Å². The predicted molar refractivity (Wildman–Crippen MR) is 34.4 cm³/mol. The molecular formula is C6H12NO2. The van der Waals surface area contributed by atoms with E-state index in [2.05, 4.69) is 11.8 Å². The standard InChI is InChI=1S/C6H12NO2/c1-3-4-5-7(6-8)9-2/h6H,1,3-5H2,2H3. The van der Waals surface area contributed by atoms with Crippen LogP contribution in [0.4, 0.5) is 0 Å². The van der Waals surface area contributed by atoms with E-state index >= 15 is 0 Å². The number of hydrogen-bond donors (Lipinski definition) is 0. The Morgan fingerprint density at radius 2 is 2.44 bits per heavy atom. The van der Waals surface area contributed by atoms with Gasteiger partial charge in [-0.05, 0) is 6.42 Å². The van der Waals surface area contributed by atoms with Crippen molar-refractivity contribution in [3.8, 4) is 0 Å². The molecule has 0 N–H and O–H groups in total. The first-order chi connectivity index (χ1) is 4.35. The molecular weight excluding hydrogens is 118 g/mol. The predicted octanol–water partition coefficient (Wildman–Crippen LogP) is 0.620. The lowest BCUT2D eigenvalue weighted by atomic mass is 10.3. The summed E-state index contributed by atoms with van der Waals surface area (Å²) in [5.41, 5.74) is 0. The van der Waals surface area contributed by atoms with E-state index in [4.69, 9.17) is 0 Å². The average Bonchev–Trinajstić information content (AvgIpc) is 1.91. The first-order valence-corrected chi connectivity index (χ1v) is 2.90. The maximum atomic E-state index is 10.0. The summed E-state index contributed by atoms with van der Waals surface area (Å²) in [4.78, 5) is 14.7. The van der Waals surface area contributed by atoms with Gasteiger partial charge in [0.15, 0.2) is 0 Å². The summed E-state index contributed by atoms with van der Waals surface area (Å²) in [7, 11) is 1.47. The molecule has 3 heteroatoms. The lowest BCUT2D eigenvalue weighted by Gasteiger charge is -2.11. The van der Waals surface area contributed by atoms with Gasteiger partial charge in [-0.15, -0.1) is 0 Å². The van der Waals surface area contributed by atoms with Crippen LogP contribution in [0, 0.1) is 6.92 Å². The number of amides is 1. The van der Waals surface area contributed by atoms with Crippen molar-refractivity contribution in [3.63, 3.8) is 0 Å². The summed E-state index contributed by atoms with van der Waals surface area (Å²) in [6.45, 7) is 4.26. The molecule has 0 aromatic carbocycles. The smallest absolute Gasteiger partial charge is 0.233 e. The van der Waals surface area contributed by atoms with Crippen LogP contribution in [-0.4, -0.2) is 25.1 Å². The number of unbranched alkanes of at least 4 members (excludes halogenated alkanes) is 1. The number of carbonyl (C=O) groups excluding carboxylic acids is 1. The molecule has 0 aliphatic heterocycles. The molecule has 53 valence electrons. The highest BCUT2D eigenvalue weighted by Crippen LogP contribution is 1.89. The van der Waals surface area contributed by atoms with Crippen molar-refractivity contribution < 1.29 is 9.63 Å². The molecule has 0 bridgehead atoms. The Balaban J connectivity index is 3.20. The van der Waals surface area contributed by atoms with Gasteiger partial charge in [0, 0.05) is 6.54 Å². The van der Waals surface area contributed by atoms with Crippen molar-refractivity contribution in [2.75, 3.05) is 13.7 Å². The monoisotopic (exact) mass is 130 g/mol. The second kappa shape index (κ2) is 5.56. The summed E-state index contributed by atoms with van der Waals surface area (Å²) in [6.07, 6.45) is 2.37. The third-order valence-corrected chi connectivity index (χ3v) is 0.981. The molecule has 1 radical (unpaired) electrons. The van der Waals surface area contributed by atoms with E-state index in [1.165, 1.54) is 12.2 Å². The van der Waals surface area contributed by atoms with Crippen LogP contribution in [0.15, 0.2) is 0 Å². The second-order valence-corrected chi connectivity index (χ2v) is 1.64. The van der Waals surface area contributed by atoms with E-state index in [0.717, 1.165) is 12.8 Å². The molecule has 0 unspecified atom stereocenters. The highest BCUT2D eigenvalue weighted by atomic mass is 16.7. The second-order valence-electron chi connectivity index (χ2n) is 1.64. The third-order valence-electron chi connectivity index (χ3n) is 0.981. The number of hydroxylamine groups is 2. The van der Waals surface area contributed by atoms with Crippen molar-refractivity contribution in [1.29, 1.82) is 0 Å². The van der Waals surface area contributed by atoms with E-state index in [9.17, 15) is 4.79 Å². The topological polar surface area (TPSA) is 29.5 Å². The summed E-state index contributed by atoms with van der Waals surface area (Å²) in [5, 5.41) is 1.24. The Hall–Kier alpha value is -0.570. The van der Waals surface area contributed by atoms with E-state index in [1.54, 1.807) is 0 Å². The van der Waals surface area contributed by atoms with Gasteiger partial charge in [-0.25, -0.2) is 5.06 Å². The minimum Gasteiger partial charge on any atom is -0.276 e. The summed E-state index contributed by atoms with van der Waals surface area (Å²) >= 11 is 0. The van der Waals surface area contributed by atoms with Gasteiger partial charge in [0.05, 0.1) is 7.11 Å². The van der Waals surface area contributed by atoms with Gasteiger partial charge in [0.2, 0.25) is 6.41 Å². The normalized spacial score (nSPS) is 9.11. The van der Waals surface area contributed by atoms with Gasteiger partial charge >= 0.3 is 0 Å². The van der Waals surface area contributed by atoms with Crippen LogP contribution in [0.5, 0.6) is 0 Å². The van der Waals surface area contributed by atoms with Gasteiger partial charge in [-0.3, -0.25) is 9.63 Å². The fourth-order valence-electron chi connectivity index (χ4n) is 0.455. The van der Waals surface area contributed by atoms with Gasteiger partial charge in [-0.2, -0.15) is 0 Å². The molecule has 0 rings (SSSR count). The maximum absolute atomic E-state index is 10.0. The number of nitrogens with zero attached hydrogens (tertiary/aromatic N) is 1. The first kappa shape index (κ1) is 8.43. The number of rotatable bonds is 5. The molecule has 0 aromatic rings. The molecule has 0 heterocycles. The van der Waals surface area contributed by atoms with E-state index < -0.39 is 0 Å². The van der Waals surface area contributed by atoms with Crippen molar-refractivity contribution in [2.24, 2.45) is 0 Å². The summed E-state index contributed by atoms with van der Waals surface area (Å²) in [5.74, 6) is 0. The van der Waals surface area contributed by atoms with Crippen molar-refractivity contribution in [3.05, 3.63) is 6.92 Å². The van der Waals surface area contributed by atoms with Gasteiger partial charge < -0.3 is 0 Å². The maximum Gasteiger partial charge on any atom is 0.233 e. The highest BCUT2D eigenvalue weighted by molar-refractivity contribution is 5.44. The van der Waals surface area contributed by atoms with E-state index in [1.807, 2.05) is 0 Å². The highest BCUT2D eigenvalue weighted by Gasteiger charge is 1.94. The van der Waals surface area contributed by atoms with Crippen molar-refractivity contribution in [1.82, 2.24) is 5.06 Å². The zero-order valence-corrected chi connectivity index (χ0v) is 5.67. The van der Waals surface area contributed by atoms with Crippen molar-refractivity contribution in [2.45, 2.75) is 12.8 Å². The van der Waals surface area contributed by atoms with Crippen LogP contribution in [-0.2, 0) is 9.63 Å². The zero-order chi connectivity index (χ0) is 7.11. The van der Waals surface area contributed by atoms with Crippen LogP contribution in [0.3, 0.4) is 0 Å². The fraction of sp³-hybridized carbons (Fsp3) is 0.667. The Kier molecular flexibility index (Phi) is 5.21. The van der Waals surface area contributed by atoms with Crippen molar-refractivity contribution >= 4 is 6.41 Å². The van der Waals surface area contributed by atoms with Gasteiger partial charge in [-0.1, -0.05) is 13.3 Å². The average molecular weight is 130 g/mol. The Bertz CT molecular complexity index is 75.5. The van der Waals surface area contributed by atoms with Gasteiger partial charge in [0.25, 0.3) is 0 Å². The zero-order valence-electron chi connectivity index (χ0n) is 5.67. The minimum absolute atomic E-state index is 0.628.